The van der Waals surface area contributed by atoms with Crippen molar-refractivity contribution < 1.29 is 13.2 Å². The van der Waals surface area contributed by atoms with Crippen molar-refractivity contribution in [3.63, 3.8) is 0 Å². The molecule has 1 aromatic rings. The van der Waals surface area contributed by atoms with E-state index in [9.17, 15) is 13.2 Å². The Labute approximate surface area is 113 Å². The van der Waals surface area contributed by atoms with Crippen molar-refractivity contribution in [2.75, 3.05) is 29.4 Å². The van der Waals surface area contributed by atoms with Crippen molar-refractivity contribution in [3.8, 4) is 0 Å². The van der Waals surface area contributed by atoms with Gasteiger partial charge in [-0.3, -0.25) is 9.52 Å². The van der Waals surface area contributed by atoms with Crippen LogP contribution in [0.15, 0.2) is 24.3 Å². The van der Waals surface area contributed by atoms with E-state index >= 15 is 0 Å². The first kappa shape index (κ1) is 15.5. The van der Waals surface area contributed by atoms with Gasteiger partial charge in [0, 0.05) is 5.69 Å². The highest BCUT2D eigenvalue weighted by Gasteiger charge is 2.04. The van der Waals surface area contributed by atoms with Crippen molar-refractivity contribution in [2.45, 2.75) is 13.3 Å². The molecule has 0 aliphatic carbocycles. The van der Waals surface area contributed by atoms with Crippen LogP contribution in [0.3, 0.4) is 0 Å². The largest absolute Gasteiger partial charge is 0.325 e. The lowest BCUT2D eigenvalue weighted by atomic mass is 10.3. The minimum absolute atomic E-state index is 0.162. The van der Waals surface area contributed by atoms with E-state index in [0.29, 0.717) is 11.4 Å². The third kappa shape index (κ3) is 6.78. The number of benzene rings is 1. The fraction of sp³-hybridized carbons (Fsp3) is 0.417. The second kappa shape index (κ2) is 7.10. The molecule has 0 fully saturated rings. The molecule has 0 bridgehead atoms. The fourth-order valence-electron chi connectivity index (χ4n) is 1.46. The van der Waals surface area contributed by atoms with Crippen LogP contribution >= 0.6 is 0 Å². The molecule has 0 saturated heterocycles. The minimum atomic E-state index is -3.32. The predicted octanol–water partition coefficient (Wildman–Crippen LogP) is 0.996. The predicted molar refractivity (Wildman–Crippen MR) is 76.7 cm³/mol. The summed E-state index contributed by atoms with van der Waals surface area (Å²) in [7, 11) is -3.32. The zero-order valence-electron chi connectivity index (χ0n) is 11.1. The summed E-state index contributed by atoms with van der Waals surface area (Å²) >= 11 is 0. The topological polar surface area (TPSA) is 87.3 Å². The van der Waals surface area contributed by atoms with Crippen LogP contribution in [0.5, 0.6) is 0 Å². The van der Waals surface area contributed by atoms with Gasteiger partial charge in [0.15, 0.2) is 0 Å². The summed E-state index contributed by atoms with van der Waals surface area (Å²) in [6.07, 6.45) is 2.04. The van der Waals surface area contributed by atoms with Gasteiger partial charge >= 0.3 is 0 Å². The van der Waals surface area contributed by atoms with Crippen LogP contribution < -0.4 is 15.4 Å². The first-order valence-electron chi connectivity index (χ1n) is 5.99. The number of anilines is 2. The van der Waals surface area contributed by atoms with Crippen molar-refractivity contribution in [1.82, 2.24) is 5.32 Å². The molecule has 0 heterocycles. The van der Waals surface area contributed by atoms with Crippen LogP contribution in [0.2, 0.25) is 0 Å². The lowest BCUT2D eigenvalue weighted by Crippen LogP contribution is -2.28. The number of carbonyl (C=O) groups is 1. The van der Waals surface area contributed by atoms with Crippen LogP contribution in [-0.4, -0.2) is 33.7 Å². The van der Waals surface area contributed by atoms with E-state index < -0.39 is 10.0 Å². The molecule has 0 aliphatic rings. The number of amides is 1. The smallest absolute Gasteiger partial charge is 0.238 e. The molecule has 0 aromatic heterocycles. The van der Waals surface area contributed by atoms with E-state index in [1.54, 1.807) is 24.3 Å². The quantitative estimate of drug-likeness (QED) is 0.652. The molecule has 3 N–H and O–H groups in total. The van der Waals surface area contributed by atoms with Gasteiger partial charge in [-0.1, -0.05) is 13.0 Å². The second-order valence-electron chi connectivity index (χ2n) is 4.18. The molecule has 1 amide bonds. The maximum Gasteiger partial charge on any atom is 0.238 e. The van der Waals surface area contributed by atoms with E-state index in [1.165, 1.54) is 0 Å². The summed E-state index contributed by atoms with van der Waals surface area (Å²) in [6, 6.07) is 6.55. The number of rotatable bonds is 7. The first-order valence-corrected chi connectivity index (χ1v) is 7.88. The SMILES string of the molecule is CCCNCC(=O)Nc1cccc(NS(C)(=O)=O)c1. The van der Waals surface area contributed by atoms with Crippen LogP contribution in [-0.2, 0) is 14.8 Å². The van der Waals surface area contributed by atoms with Gasteiger partial charge in [-0.15, -0.1) is 0 Å². The van der Waals surface area contributed by atoms with Crippen LogP contribution in [0.25, 0.3) is 0 Å². The standard InChI is InChI=1S/C12H19N3O3S/c1-3-7-13-9-12(16)14-10-5-4-6-11(8-10)15-19(2,17)18/h4-6,8,13,15H,3,7,9H2,1-2H3,(H,14,16). The van der Waals surface area contributed by atoms with Gasteiger partial charge < -0.3 is 10.6 Å². The number of nitrogens with one attached hydrogen (secondary N) is 3. The Kier molecular flexibility index (Phi) is 5.78. The van der Waals surface area contributed by atoms with Crippen molar-refractivity contribution in [3.05, 3.63) is 24.3 Å². The maximum absolute atomic E-state index is 11.6. The maximum atomic E-state index is 11.6. The molecule has 7 heteroatoms. The second-order valence-corrected chi connectivity index (χ2v) is 5.93. The van der Waals surface area contributed by atoms with Gasteiger partial charge in [-0.05, 0) is 31.2 Å². The highest BCUT2D eigenvalue weighted by atomic mass is 32.2. The minimum Gasteiger partial charge on any atom is -0.325 e. The van der Waals surface area contributed by atoms with Crippen LogP contribution in [0, 0.1) is 0 Å². The molecule has 0 atom stereocenters. The third-order valence-electron chi connectivity index (χ3n) is 2.16. The average Bonchev–Trinajstić information content (AvgIpc) is 2.27. The fourth-order valence-corrected chi connectivity index (χ4v) is 2.01. The van der Waals surface area contributed by atoms with Gasteiger partial charge in [-0.2, -0.15) is 0 Å². The molecule has 1 aromatic carbocycles. The van der Waals surface area contributed by atoms with Crippen LogP contribution in [0.4, 0.5) is 11.4 Å². The molecule has 0 spiro atoms. The third-order valence-corrected chi connectivity index (χ3v) is 2.77. The number of carbonyl (C=O) groups excluding carboxylic acids is 1. The molecule has 19 heavy (non-hydrogen) atoms. The van der Waals surface area contributed by atoms with Gasteiger partial charge in [0.2, 0.25) is 15.9 Å². The molecule has 0 saturated carbocycles. The first-order chi connectivity index (χ1) is 8.90. The van der Waals surface area contributed by atoms with Gasteiger partial charge in [0.25, 0.3) is 0 Å². The molecular formula is C12H19N3O3S. The lowest BCUT2D eigenvalue weighted by molar-refractivity contribution is -0.115. The number of sulfonamides is 1. The lowest BCUT2D eigenvalue weighted by Gasteiger charge is -2.08. The number of hydrogen-bond donors (Lipinski definition) is 3. The molecule has 0 aliphatic heterocycles. The van der Waals surface area contributed by atoms with Gasteiger partial charge in [0.05, 0.1) is 18.5 Å². The highest BCUT2D eigenvalue weighted by Crippen LogP contribution is 2.15. The summed E-state index contributed by atoms with van der Waals surface area (Å²) in [4.78, 5) is 11.6. The summed E-state index contributed by atoms with van der Waals surface area (Å²) in [5.41, 5.74) is 0.971. The van der Waals surface area contributed by atoms with Crippen LogP contribution in [0.1, 0.15) is 13.3 Å². The molecule has 106 valence electrons. The van der Waals surface area contributed by atoms with Crippen molar-refractivity contribution in [2.24, 2.45) is 0 Å². The van der Waals surface area contributed by atoms with E-state index in [4.69, 9.17) is 0 Å². The highest BCUT2D eigenvalue weighted by molar-refractivity contribution is 7.92. The Morgan fingerprint density at radius 2 is 1.95 bits per heavy atom. The average molecular weight is 285 g/mol. The zero-order valence-corrected chi connectivity index (χ0v) is 11.9. The van der Waals surface area contributed by atoms with E-state index in [-0.39, 0.29) is 12.5 Å². The molecule has 6 nitrogen and oxygen atoms in total. The van der Waals surface area contributed by atoms with Crippen molar-refractivity contribution >= 4 is 27.3 Å². The van der Waals surface area contributed by atoms with Crippen molar-refractivity contribution in [1.29, 1.82) is 0 Å². The summed E-state index contributed by atoms with van der Waals surface area (Å²) in [5, 5.41) is 5.68. The molecular weight excluding hydrogens is 266 g/mol. The van der Waals surface area contributed by atoms with Gasteiger partial charge in [0.1, 0.15) is 0 Å². The summed E-state index contributed by atoms with van der Waals surface area (Å²) in [5.74, 6) is -0.162. The Bertz CT molecular complexity index is 529. The molecule has 0 radical (unpaired) electrons. The molecule has 1 rings (SSSR count). The van der Waals surface area contributed by atoms with E-state index in [2.05, 4.69) is 15.4 Å². The van der Waals surface area contributed by atoms with Gasteiger partial charge in [-0.25, -0.2) is 8.42 Å². The molecule has 0 unspecified atom stereocenters. The monoisotopic (exact) mass is 285 g/mol. The number of hydrogen-bond acceptors (Lipinski definition) is 4. The zero-order chi connectivity index (χ0) is 14.3. The van der Waals surface area contributed by atoms with E-state index in [0.717, 1.165) is 19.2 Å². The normalized spacial score (nSPS) is 11.1. The van der Waals surface area contributed by atoms with E-state index in [1.807, 2.05) is 6.92 Å². The Balaban J connectivity index is 2.59. The Hall–Kier alpha value is -1.60. The Morgan fingerprint density at radius 1 is 1.26 bits per heavy atom. The Morgan fingerprint density at radius 3 is 2.58 bits per heavy atom. The summed E-state index contributed by atoms with van der Waals surface area (Å²) < 4.78 is 24.6. The summed E-state index contributed by atoms with van der Waals surface area (Å²) in [6.45, 7) is 3.03.